The topological polar surface area (TPSA) is 63.2 Å². The Bertz CT molecular complexity index is 1040. The number of nitrogens with zero attached hydrogens (tertiary/aromatic N) is 3. The molecule has 4 rings (SSSR count). The van der Waals surface area contributed by atoms with Crippen molar-refractivity contribution in [3.05, 3.63) is 60.4 Å². The van der Waals surface area contributed by atoms with Gasteiger partial charge in [0, 0.05) is 36.1 Å². The molecule has 0 saturated carbocycles. The predicted molar refractivity (Wildman–Crippen MR) is 108 cm³/mol. The molecule has 27 heavy (non-hydrogen) atoms. The van der Waals surface area contributed by atoms with Gasteiger partial charge in [0.25, 0.3) is 0 Å². The van der Waals surface area contributed by atoms with Crippen molar-refractivity contribution in [2.75, 3.05) is 18.1 Å². The summed E-state index contributed by atoms with van der Waals surface area (Å²) < 4.78 is 23.5. The van der Waals surface area contributed by atoms with Crippen LogP contribution in [-0.2, 0) is 16.4 Å². The van der Waals surface area contributed by atoms with Crippen LogP contribution in [0.2, 0.25) is 0 Å². The second-order valence-electron chi connectivity index (χ2n) is 7.06. The third-order valence-electron chi connectivity index (χ3n) is 5.25. The van der Waals surface area contributed by atoms with E-state index in [1.807, 2.05) is 36.7 Å². The number of rotatable bonds is 5. The molecular formula is C21H23N3O2S. The molecule has 0 N–H and O–H groups in total. The van der Waals surface area contributed by atoms with Crippen molar-refractivity contribution in [2.24, 2.45) is 0 Å². The van der Waals surface area contributed by atoms with Gasteiger partial charge in [0.1, 0.15) is 0 Å². The molecule has 1 fully saturated rings. The van der Waals surface area contributed by atoms with Gasteiger partial charge in [0.05, 0.1) is 11.5 Å². The van der Waals surface area contributed by atoms with Crippen molar-refractivity contribution in [1.82, 2.24) is 14.9 Å². The van der Waals surface area contributed by atoms with Gasteiger partial charge >= 0.3 is 0 Å². The van der Waals surface area contributed by atoms with Gasteiger partial charge in [-0.1, -0.05) is 49.4 Å². The van der Waals surface area contributed by atoms with E-state index >= 15 is 0 Å². The summed E-state index contributed by atoms with van der Waals surface area (Å²) in [5, 5.41) is 2.31. The van der Waals surface area contributed by atoms with E-state index in [1.54, 1.807) is 0 Å². The molecule has 0 spiro atoms. The summed E-state index contributed by atoms with van der Waals surface area (Å²) in [4.78, 5) is 11.4. The summed E-state index contributed by atoms with van der Waals surface area (Å²) in [6.45, 7) is 3.55. The summed E-state index contributed by atoms with van der Waals surface area (Å²) in [5.74, 6) is 1.27. The maximum Gasteiger partial charge on any atom is 0.159 e. The van der Waals surface area contributed by atoms with Crippen LogP contribution < -0.4 is 0 Å². The Morgan fingerprint density at radius 3 is 2.52 bits per heavy atom. The van der Waals surface area contributed by atoms with Crippen LogP contribution in [0.5, 0.6) is 0 Å². The second-order valence-corrected chi connectivity index (χ2v) is 9.29. The van der Waals surface area contributed by atoms with Crippen LogP contribution in [0, 0.1) is 0 Å². The van der Waals surface area contributed by atoms with E-state index < -0.39 is 9.84 Å². The lowest BCUT2D eigenvalue weighted by Crippen LogP contribution is -2.35. The van der Waals surface area contributed by atoms with Crippen LogP contribution in [0.4, 0.5) is 0 Å². The number of benzene rings is 2. The third-order valence-corrected chi connectivity index (χ3v) is 7.00. The molecule has 140 valence electrons. The second kappa shape index (κ2) is 7.37. The first-order valence-corrected chi connectivity index (χ1v) is 11.1. The van der Waals surface area contributed by atoms with Gasteiger partial charge < -0.3 is 0 Å². The zero-order valence-corrected chi connectivity index (χ0v) is 16.2. The van der Waals surface area contributed by atoms with Crippen LogP contribution in [0.25, 0.3) is 22.2 Å². The summed E-state index contributed by atoms with van der Waals surface area (Å²) in [6.07, 6.45) is 4.43. The largest absolute Gasteiger partial charge is 0.295 e. The molecule has 1 aliphatic heterocycles. The van der Waals surface area contributed by atoms with E-state index in [0.717, 1.165) is 23.1 Å². The zero-order chi connectivity index (χ0) is 18.9. The molecule has 0 bridgehead atoms. The first-order valence-electron chi connectivity index (χ1n) is 9.29. The fraction of sp³-hybridized carbons (Fsp3) is 0.333. The number of fused-ring (bicyclic) bond motifs is 1. The molecule has 1 aromatic heterocycles. The Kier molecular flexibility index (Phi) is 4.93. The Balaban J connectivity index is 1.55. The van der Waals surface area contributed by atoms with Crippen molar-refractivity contribution in [3.8, 4) is 11.4 Å². The third kappa shape index (κ3) is 3.87. The van der Waals surface area contributed by atoms with Gasteiger partial charge in [0.15, 0.2) is 15.7 Å². The van der Waals surface area contributed by atoms with Crippen LogP contribution in [0.3, 0.4) is 0 Å². The number of hydrogen-bond acceptors (Lipinski definition) is 5. The van der Waals surface area contributed by atoms with Gasteiger partial charge in [-0.05, 0) is 23.7 Å². The molecule has 3 aromatic rings. The number of sulfone groups is 1. The Hall–Kier alpha value is -2.31. The maximum atomic E-state index is 11.8. The SMILES string of the molecule is CCN(Cc1cnc(-c2cccc3ccccc23)nc1)C1CCS(=O)(=O)C1. The highest BCUT2D eigenvalue weighted by atomic mass is 32.2. The van der Waals surface area contributed by atoms with Gasteiger partial charge in [-0.3, -0.25) is 4.90 Å². The van der Waals surface area contributed by atoms with Crippen LogP contribution >= 0.6 is 0 Å². The van der Waals surface area contributed by atoms with E-state index in [1.165, 1.54) is 5.39 Å². The highest BCUT2D eigenvalue weighted by Crippen LogP contribution is 2.26. The Labute approximate surface area is 160 Å². The number of aromatic nitrogens is 2. The average Bonchev–Trinajstić information content (AvgIpc) is 3.06. The molecule has 2 heterocycles. The minimum atomic E-state index is -2.88. The highest BCUT2D eigenvalue weighted by Gasteiger charge is 2.31. The van der Waals surface area contributed by atoms with Crippen molar-refractivity contribution < 1.29 is 8.42 Å². The van der Waals surface area contributed by atoms with Crippen molar-refractivity contribution >= 4 is 20.6 Å². The van der Waals surface area contributed by atoms with E-state index in [2.05, 4.69) is 40.0 Å². The van der Waals surface area contributed by atoms with Crippen molar-refractivity contribution in [3.63, 3.8) is 0 Å². The first kappa shape index (κ1) is 18.1. The van der Waals surface area contributed by atoms with E-state index in [-0.39, 0.29) is 11.8 Å². The molecule has 0 amide bonds. The lowest BCUT2D eigenvalue weighted by atomic mass is 10.0. The fourth-order valence-electron chi connectivity index (χ4n) is 3.79. The summed E-state index contributed by atoms with van der Waals surface area (Å²) in [7, 11) is -2.88. The van der Waals surface area contributed by atoms with Gasteiger partial charge in [-0.25, -0.2) is 18.4 Å². The first-order chi connectivity index (χ1) is 13.1. The lowest BCUT2D eigenvalue weighted by Gasteiger charge is -2.26. The predicted octanol–water partition coefficient (Wildman–Crippen LogP) is 3.31. The van der Waals surface area contributed by atoms with Gasteiger partial charge in [0.2, 0.25) is 0 Å². The zero-order valence-electron chi connectivity index (χ0n) is 15.4. The van der Waals surface area contributed by atoms with E-state index in [0.29, 0.717) is 24.5 Å². The Morgan fingerprint density at radius 2 is 1.81 bits per heavy atom. The molecule has 1 saturated heterocycles. The van der Waals surface area contributed by atoms with Gasteiger partial charge in [-0.2, -0.15) is 0 Å². The quantitative estimate of drug-likeness (QED) is 0.678. The fourth-order valence-corrected chi connectivity index (χ4v) is 5.55. The average molecular weight is 382 g/mol. The number of hydrogen-bond donors (Lipinski definition) is 0. The molecule has 2 aromatic carbocycles. The normalized spacial score (nSPS) is 19.0. The minimum absolute atomic E-state index is 0.0951. The monoisotopic (exact) mass is 381 g/mol. The smallest absolute Gasteiger partial charge is 0.159 e. The molecular weight excluding hydrogens is 358 g/mol. The molecule has 5 nitrogen and oxygen atoms in total. The summed E-state index contributed by atoms with van der Waals surface area (Å²) >= 11 is 0. The van der Waals surface area contributed by atoms with Crippen LogP contribution in [0.1, 0.15) is 18.9 Å². The van der Waals surface area contributed by atoms with Crippen molar-refractivity contribution in [1.29, 1.82) is 0 Å². The van der Waals surface area contributed by atoms with Crippen LogP contribution in [-0.4, -0.2) is 47.4 Å². The van der Waals surface area contributed by atoms with Crippen molar-refractivity contribution in [2.45, 2.75) is 25.9 Å². The molecule has 0 radical (unpaired) electrons. The molecule has 6 heteroatoms. The summed E-state index contributed by atoms with van der Waals surface area (Å²) in [6, 6.07) is 14.5. The summed E-state index contributed by atoms with van der Waals surface area (Å²) in [5.41, 5.74) is 2.03. The molecule has 1 unspecified atom stereocenters. The maximum absolute atomic E-state index is 11.8. The van der Waals surface area contributed by atoms with Gasteiger partial charge in [-0.15, -0.1) is 0 Å². The minimum Gasteiger partial charge on any atom is -0.295 e. The van der Waals surface area contributed by atoms with E-state index in [4.69, 9.17) is 0 Å². The molecule has 1 aliphatic rings. The molecule has 0 aliphatic carbocycles. The Morgan fingerprint density at radius 1 is 1.07 bits per heavy atom. The molecule has 1 atom stereocenters. The standard InChI is InChI=1S/C21H23N3O2S/c1-2-24(18-10-11-27(25,26)15-18)14-16-12-22-21(23-13-16)20-9-5-7-17-6-3-4-8-19(17)20/h3-9,12-13,18H,2,10-11,14-15H2,1H3. The van der Waals surface area contributed by atoms with Crippen LogP contribution in [0.15, 0.2) is 54.9 Å². The highest BCUT2D eigenvalue weighted by molar-refractivity contribution is 7.91. The lowest BCUT2D eigenvalue weighted by molar-refractivity contribution is 0.214. The van der Waals surface area contributed by atoms with E-state index in [9.17, 15) is 8.42 Å².